The summed E-state index contributed by atoms with van der Waals surface area (Å²) in [7, 11) is 0. The molecule has 1 aliphatic heterocycles. The molecule has 1 unspecified atom stereocenters. The van der Waals surface area contributed by atoms with E-state index in [2.05, 4.69) is 4.90 Å². The highest BCUT2D eigenvalue weighted by atomic mass is 16.5. The smallest absolute Gasteiger partial charge is 0.166 e. The van der Waals surface area contributed by atoms with Crippen molar-refractivity contribution >= 4 is 5.78 Å². The van der Waals surface area contributed by atoms with E-state index in [0.717, 1.165) is 38.4 Å². The van der Waals surface area contributed by atoms with Gasteiger partial charge >= 0.3 is 0 Å². The molecule has 2 rings (SSSR count). The Balaban J connectivity index is 1.93. The molecule has 18 heavy (non-hydrogen) atoms. The highest BCUT2D eigenvalue weighted by molar-refractivity contribution is 5.97. The van der Waals surface area contributed by atoms with Gasteiger partial charge in [0.2, 0.25) is 0 Å². The van der Waals surface area contributed by atoms with Crippen LogP contribution in [0, 0.1) is 12.8 Å². The normalized spacial score (nSPS) is 18.6. The Hall–Kier alpha value is -1.19. The number of hydrogen-bond acceptors (Lipinski definition) is 3. The number of carbonyl (C=O) groups excluding carboxylic acids is 1. The van der Waals surface area contributed by atoms with Gasteiger partial charge in [-0.1, -0.05) is 36.8 Å². The zero-order chi connectivity index (χ0) is 13.0. The highest BCUT2D eigenvalue weighted by Gasteiger charge is 2.19. The second kappa shape index (κ2) is 6.12. The van der Waals surface area contributed by atoms with E-state index >= 15 is 0 Å². The minimum atomic E-state index is 0.0470. The van der Waals surface area contributed by atoms with E-state index in [9.17, 15) is 4.79 Å². The number of ether oxygens (including phenoxy) is 1. The van der Waals surface area contributed by atoms with Gasteiger partial charge in [0.25, 0.3) is 0 Å². The molecule has 0 radical (unpaired) electrons. The molecule has 0 aromatic heterocycles. The van der Waals surface area contributed by atoms with Crippen LogP contribution in [0.3, 0.4) is 0 Å². The zero-order valence-electron chi connectivity index (χ0n) is 11.2. The molecule has 0 saturated carbocycles. The van der Waals surface area contributed by atoms with Crippen molar-refractivity contribution in [2.24, 2.45) is 5.92 Å². The minimum Gasteiger partial charge on any atom is -0.379 e. The zero-order valence-corrected chi connectivity index (χ0v) is 11.2. The van der Waals surface area contributed by atoms with Crippen molar-refractivity contribution in [3.8, 4) is 0 Å². The van der Waals surface area contributed by atoms with Gasteiger partial charge in [0, 0.05) is 31.1 Å². The Morgan fingerprint density at radius 1 is 1.28 bits per heavy atom. The number of Topliss-reactive ketones (excluding diaryl/α,β-unsaturated/α-hetero) is 1. The van der Waals surface area contributed by atoms with Crippen LogP contribution in [0.2, 0.25) is 0 Å². The molecule has 1 aromatic carbocycles. The van der Waals surface area contributed by atoms with Gasteiger partial charge in [-0.25, -0.2) is 0 Å². The largest absolute Gasteiger partial charge is 0.379 e. The first-order valence-corrected chi connectivity index (χ1v) is 6.58. The summed E-state index contributed by atoms with van der Waals surface area (Å²) >= 11 is 0. The molecule has 1 atom stereocenters. The molecule has 1 saturated heterocycles. The lowest BCUT2D eigenvalue weighted by Crippen LogP contribution is -2.40. The molecule has 0 aliphatic carbocycles. The molecule has 3 heteroatoms. The number of ketones is 1. The second-order valence-corrected chi connectivity index (χ2v) is 5.04. The van der Waals surface area contributed by atoms with Gasteiger partial charge in [-0.3, -0.25) is 9.69 Å². The average molecular weight is 247 g/mol. The lowest BCUT2D eigenvalue weighted by Gasteiger charge is -2.28. The van der Waals surface area contributed by atoms with E-state index in [-0.39, 0.29) is 11.7 Å². The number of carbonyl (C=O) groups is 1. The topological polar surface area (TPSA) is 29.5 Å². The Bertz CT molecular complexity index is 393. The van der Waals surface area contributed by atoms with Gasteiger partial charge in [0.15, 0.2) is 5.78 Å². The summed E-state index contributed by atoms with van der Waals surface area (Å²) in [5.74, 6) is 0.285. The van der Waals surface area contributed by atoms with Crippen LogP contribution in [0.1, 0.15) is 22.8 Å². The average Bonchev–Trinajstić information content (AvgIpc) is 2.40. The minimum absolute atomic E-state index is 0.0470. The summed E-state index contributed by atoms with van der Waals surface area (Å²) in [5, 5.41) is 0. The van der Waals surface area contributed by atoms with Crippen LogP contribution >= 0.6 is 0 Å². The fourth-order valence-corrected chi connectivity index (χ4v) is 2.26. The molecule has 0 spiro atoms. The maximum absolute atomic E-state index is 12.3. The third-order valence-electron chi connectivity index (χ3n) is 3.42. The monoisotopic (exact) mass is 247 g/mol. The van der Waals surface area contributed by atoms with Crippen molar-refractivity contribution in [3.63, 3.8) is 0 Å². The number of rotatable bonds is 4. The summed E-state index contributed by atoms with van der Waals surface area (Å²) in [4.78, 5) is 14.6. The van der Waals surface area contributed by atoms with Crippen molar-refractivity contribution in [1.82, 2.24) is 4.90 Å². The predicted molar refractivity (Wildman–Crippen MR) is 71.9 cm³/mol. The molecule has 0 amide bonds. The Morgan fingerprint density at radius 3 is 2.50 bits per heavy atom. The first kappa shape index (κ1) is 13.2. The van der Waals surface area contributed by atoms with Gasteiger partial charge in [0.1, 0.15) is 0 Å². The quantitative estimate of drug-likeness (QED) is 0.764. The van der Waals surface area contributed by atoms with Gasteiger partial charge in [-0.2, -0.15) is 0 Å². The van der Waals surface area contributed by atoms with Crippen molar-refractivity contribution in [2.75, 3.05) is 32.8 Å². The molecule has 3 nitrogen and oxygen atoms in total. The number of nitrogens with zero attached hydrogens (tertiary/aromatic N) is 1. The summed E-state index contributed by atoms with van der Waals surface area (Å²) in [6.07, 6.45) is 0. The highest BCUT2D eigenvalue weighted by Crippen LogP contribution is 2.12. The van der Waals surface area contributed by atoms with Crippen molar-refractivity contribution in [1.29, 1.82) is 0 Å². The summed E-state index contributed by atoms with van der Waals surface area (Å²) in [5.41, 5.74) is 2.01. The number of benzene rings is 1. The van der Waals surface area contributed by atoms with Crippen molar-refractivity contribution in [3.05, 3.63) is 35.4 Å². The predicted octanol–water partition coefficient (Wildman–Crippen LogP) is 2.15. The van der Waals surface area contributed by atoms with E-state index in [1.165, 1.54) is 5.56 Å². The summed E-state index contributed by atoms with van der Waals surface area (Å²) in [6, 6.07) is 7.84. The molecule has 1 fully saturated rings. The first-order chi connectivity index (χ1) is 8.66. The Labute approximate surface area is 109 Å². The van der Waals surface area contributed by atoms with E-state index in [4.69, 9.17) is 4.74 Å². The van der Waals surface area contributed by atoms with Crippen LogP contribution in [0.5, 0.6) is 0 Å². The van der Waals surface area contributed by atoms with Crippen molar-refractivity contribution < 1.29 is 9.53 Å². The van der Waals surface area contributed by atoms with E-state index < -0.39 is 0 Å². The van der Waals surface area contributed by atoms with Gasteiger partial charge in [-0.05, 0) is 6.92 Å². The van der Waals surface area contributed by atoms with E-state index in [1.54, 1.807) is 0 Å². The third-order valence-corrected chi connectivity index (χ3v) is 3.42. The maximum atomic E-state index is 12.3. The molecular weight excluding hydrogens is 226 g/mol. The van der Waals surface area contributed by atoms with Crippen molar-refractivity contribution in [2.45, 2.75) is 13.8 Å². The molecule has 98 valence electrons. The van der Waals surface area contributed by atoms with Crippen LogP contribution < -0.4 is 0 Å². The van der Waals surface area contributed by atoms with Gasteiger partial charge in [-0.15, -0.1) is 0 Å². The fraction of sp³-hybridized carbons (Fsp3) is 0.533. The molecule has 1 heterocycles. The SMILES string of the molecule is Cc1ccc(C(=O)C(C)CN2CCOCC2)cc1. The van der Waals surface area contributed by atoms with Crippen LogP contribution in [0.4, 0.5) is 0 Å². The summed E-state index contributed by atoms with van der Waals surface area (Å²) in [6.45, 7) is 8.31. The van der Waals surface area contributed by atoms with Gasteiger partial charge in [0.05, 0.1) is 13.2 Å². The van der Waals surface area contributed by atoms with Crippen LogP contribution in [0.15, 0.2) is 24.3 Å². The number of morpholine rings is 1. The van der Waals surface area contributed by atoms with Crippen LogP contribution in [-0.4, -0.2) is 43.5 Å². The molecule has 1 aliphatic rings. The first-order valence-electron chi connectivity index (χ1n) is 6.58. The van der Waals surface area contributed by atoms with Crippen LogP contribution in [0.25, 0.3) is 0 Å². The fourth-order valence-electron chi connectivity index (χ4n) is 2.26. The molecule has 1 aromatic rings. The standard InChI is InChI=1S/C15H21NO2/c1-12-3-5-14(6-4-12)15(17)13(2)11-16-7-9-18-10-8-16/h3-6,13H,7-11H2,1-2H3. The second-order valence-electron chi connectivity index (χ2n) is 5.04. The molecule has 0 N–H and O–H groups in total. The van der Waals surface area contributed by atoms with E-state index in [1.807, 2.05) is 38.1 Å². The molecular formula is C15H21NO2. The summed E-state index contributed by atoms with van der Waals surface area (Å²) < 4.78 is 5.31. The Morgan fingerprint density at radius 2 is 1.89 bits per heavy atom. The number of aryl methyl sites for hydroxylation is 1. The maximum Gasteiger partial charge on any atom is 0.166 e. The Kier molecular flexibility index (Phi) is 4.50. The van der Waals surface area contributed by atoms with Crippen LogP contribution in [-0.2, 0) is 4.74 Å². The number of hydrogen-bond donors (Lipinski definition) is 0. The lowest BCUT2D eigenvalue weighted by molar-refractivity contribution is 0.0313. The van der Waals surface area contributed by atoms with E-state index in [0.29, 0.717) is 0 Å². The lowest BCUT2D eigenvalue weighted by atomic mass is 9.98. The molecule has 0 bridgehead atoms. The third kappa shape index (κ3) is 3.40. The van der Waals surface area contributed by atoms with Gasteiger partial charge < -0.3 is 4.74 Å².